The van der Waals surface area contributed by atoms with Gasteiger partial charge in [0.1, 0.15) is 29.1 Å². The molecule has 2 aromatic heterocycles. The van der Waals surface area contributed by atoms with Gasteiger partial charge in [-0.05, 0) is 54.7 Å². The number of benzene rings is 1. The van der Waals surface area contributed by atoms with Crippen LogP contribution in [0.15, 0.2) is 24.4 Å². The number of anilines is 2. The van der Waals surface area contributed by atoms with E-state index in [0.29, 0.717) is 23.4 Å². The van der Waals surface area contributed by atoms with Gasteiger partial charge in [0.25, 0.3) is 0 Å². The first kappa shape index (κ1) is 20.8. The lowest BCUT2D eigenvalue weighted by Crippen LogP contribution is -2.69. The second-order valence-electron chi connectivity index (χ2n) is 9.47. The van der Waals surface area contributed by atoms with Crippen LogP contribution in [0.2, 0.25) is 0 Å². The highest BCUT2D eigenvalue weighted by Crippen LogP contribution is 2.52. The molecule has 0 unspecified atom stereocenters. The third kappa shape index (κ3) is 3.02. The quantitative estimate of drug-likeness (QED) is 0.479. The Morgan fingerprint density at radius 2 is 2.12 bits per heavy atom. The van der Waals surface area contributed by atoms with Gasteiger partial charge in [0.15, 0.2) is 0 Å². The number of nitrogens with one attached hydrogen (secondary N) is 1. The fraction of sp³-hybridized carbons (Fsp3) is 0.360. The molecule has 1 atom stereocenters. The summed E-state index contributed by atoms with van der Waals surface area (Å²) in [6.07, 6.45) is 4.22. The number of nitrogens with zero attached hydrogens (tertiary/aromatic N) is 5. The second-order valence-corrected chi connectivity index (χ2v) is 9.47. The number of hydrogen-bond donors (Lipinski definition) is 2. The van der Waals surface area contributed by atoms with Crippen molar-refractivity contribution in [3.05, 3.63) is 52.7 Å². The van der Waals surface area contributed by atoms with Gasteiger partial charge in [-0.2, -0.15) is 15.2 Å². The Labute approximate surface area is 196 Å². The van der Waals surface area contributed by atoms with Crippen LogP contribution < -0.4 is 20.7 Å². The molecule has 9 heteroatoms. The van der Waals surface area contributed by atoms with Crippen molar-refractivity contribution in [1.29, 1.82) is 5.26 Å². The fourth-order valence-corrected chi connectivity index (χ4v) is 5.39. The molecule has 1 saturated heterocycles. The summed E-state index contributed by atoms with van der Waals surface area (Å²) in [6.45, 7) is 3.44. The van der Waals surface area contributed by atoms with E-state index in [0.717, 1.165) is 59.8 Å². The van der Waals surface area contributed by atoms with Crippen LogP contribution in [-0.2, 0) is 6.42 Å². The minimum Gasteiger partial charge on any atom is -0.423 e. The summed E-state index contributed by atoms with van der Waals surface area (Å²) in [4.78, 5) is 15.8. The molecule has 3 N–H and O–H groups in total. The molecule has 0 bridgehead atoms. The number of aromatic nitrogens is 3. The molecule has 3 heterocycles. The number of ether oxygens (including phenoxy) is 1. The molecule has 0 radical (unpaired) electrons. The molecule has 34 heavy (non-hydrogen) atoms. The van der Waals surface area contributed by atoms with Crippen molar-refractivity contribution < 1.29 is 9.13 Å². The molecule has 1 spiro atoms. The average Bonchev–Trinajstić information content (AvgIpc) is 3.15. The first-order valence-electron chi connectivity index (χ1n) is 11.4. The van der Waals surface area contributed by atoms with Crippen molar-refractivity contribution in [2.45, 2.75) is 32.2 Å². The predicted molar refractivity (Wildman–Crippen MR) is 125 cm³/mol. The van der Waals surface area contributed by atoms with E-state index in [1.807, 2.05) is 0 Å². The van der Waals surface area contributed by atoms with Crippen LogP contribution in [0.25, 0.3) is 11.1 Å². The van der Waals surface area contributed by atoms with Crippen LogP contribution in [-0.4, -0.2) is 41.1 Å². The third-order valence-corrected chi connectivity index (χ3v) is 7.46. The summed E-state index contributed by atoms with van der Waals surface area (Å²) in [5.74, 6) is 0.901. The Morgan fingerprint density at radius 1 is 1.29 bits per heavy atom. The van der Waals surface area contributed by atoms with E-state index in [1.54, 1.807) is 26.1 Å². The Balaban J connectivity index is 1.42. The number of aryl methyl sites for hydroxylation is 1. The number of fused-ring (bicyclic) bond motifs is 3. The van der Waals surface area contributed by atoms with Gasteiger partial charge in [0, 0.05) is 49.3 Å². The summed E-state index contributed by atoms with van der Waals surface area (Å²) < 4.78 is 20.5. The van der Waals surface area contributed by atoms with Crippen LogP contribution in [0.4, 0.5) is 15.9 Å². The number of pyridine rings is 1. The molecule has 3 aliphatic rings. The summed E-state index contributed by atoms with van der Waals surface area (Å²) in [7, 11) is 1.79. The van der Waals surface area contributed by atoms with E-state index in [4.69, 9.17) is 25.7 Å². The molecule has 2 fully saturated rings. The number of hydrogen-bond acceptors (Lipinski definition) is 8. The highest BCUT2D eigenvalue weighted by molar-refractivity contribution is 5.88. The molecule has 1 aromatic carbocycles. The summed E-state index contributed by atoms with van der Waals surface area (Å²) >= 11 is 0. The molecule has 1 aliphatic heterocycles. The number of halogens is 1. The van der Waals surface area contributed by atoms with E-state index in [2.05, 4.69) is 21.3 Å². The fourth-order valence-electron chi connectivity index (χ4n) is 5.39. The number of nitrogens with two attached hydrogens (primary N) is 1. The Hall–Kier alpha value is -3.77. The van der Waals surface area contributed by atoms with Crippen molar-refractivity contribution >= 4 is 11.5 Å². The topological polar surface area (TPSA) is 113 Å². The van der Waals surface area contributed by atoms with Crippen molar-refractivity contribution in [3.63, 3.8) is 0 Å². The van der Waals surface area contributed by atoms with Crippen LogP contribution >= 0.6 is 0 Å². The maximum atomic E-state index is 14.5. The summed E-state index contributed by atoms with van der Waals surface area (Å²) in [5.41, 5.74) is 11.7. The first-order chi connectivity index (χ1) is 16.4. The molecule has 0 amide bonds. The molecule has 3 aromatic rings. The van der Waals surface area contributed by atoms with Crippen molar-refractivity contribution in [3.8, 4) is 29.0 Å². The van der Waals surface area contributed by atoms with E-state index in [1.165, 1.54) is 12.3 Å². The van der Waals surface area contributed by atoms with Gasteiger partial charge in [-0.1, -0.05) is 0 Å². The lowest BCUT2D eigenvalue weighted by molar-refractivity contribution is 0.0558. The third-order valence-electron chi connectivity index (χ3n) is 7.46. The van der Waals surface area contributed by atoms with Crippen molar-refractivity contribution in [2.75, 3.05) is 30.4 Å². The van der Waals surface area contributed by atoms with E-state index < -0.39 is 0 Å². The maximum absolute atomic E-state index is 14.5. The average molecular weight is 458 g/mol. The molecule has 2 aliphatic carbocycles. The van der Waals surface area contributed by atoms with E-state index in [9.17, 15) is 4.39 Å². The van der Waals surface area contributed by atoms with Gasteiger partial charge in [-0.15, -0.1) is 0 Å². The zero-order chi connectivity index (χ0) is 23.6. The normalized spacial score (nSPS) is 19.0. The highest BCUT2D eigenvalue weighted by Gasteiger charge is 2.54. The summed E-state index contributed by atoms with van der Waals surface area (Å²) in [5, 5.41) is 12.2. The highest BCUT2D eigenvalue weighted by atomic mass is 19.1. The molecule has 172 valence electrons. The van der Waals surface area contributed by atoms with Gasteiger partial charge in [-0.3, -0.25) is 0 Å². The standard InChI is InChI=1S/C25H24FN7O/c1-13-5-15(10-30-20(13)9-27)34-24-31-19-8-16-17(6-14(26)7-18(16)29-2)22(19)23(32-24)33-11-25(12-33)4-3-21(25)28/h5-7,10,21,29H,3-4,8,11-12,28H2,1-2H3/t21-/m1/s1. The summed E-state index contributed by atoms with van der Waals surface area (Å²) in [6, 6.07) is 7.29. The zero-order valence-electron chi connectivity index (χ0n) is 19.0. The van der Waals surface area contributed by atoms with Gasteiger partial charge >= 0.3 is 6.01 Å². The van der Waals surface area contributed by atoms with Crippen LogP contribution in [0.5, 0.6) is 11.8 Å². The first-order valence-corrected chi connectivity index (χ1v) is 11.4. The minimum absolute atomic E-state index is 0.145. The molecular formula is C25H24FN7O. The lowest BCUT2D eigenvalue weighted by Gasteiger charge is -2.60. The number of nitriles is 1. The van der Waals surface area contributed by atoms with Crippen LogP contribution in [0.3, 0.4) is 0 Å². The van der Waals surface area contributed by atoms with Crippen LogP contribution in [0.1, 0.15) is 35.4 Å². The van der Waals surface area contributed by atoms with E-state index in [-0.39, 0.29) is 23.3 Å². The smallest absolute Gasteiger partial charge is 0.324 e. The molecule has 6 rings (SSSR count). The van der Waals surface area contributed by atoms with Gasteiger partial charge < -0.3 is 20.7 Å². The van der Waals surface area contributed by atoms with Gasteiger partial charge in [-0.25, -0.2) is 9.37 Å². The maximum Gasteiger partial charge on any atom is 0.324 e. The van der Waals surface area contributed by atoms with Crippen LogP contribution in [0, 0.1) is 29.5 Å². The molecule has 1 saturated carbocycles. The lowest BCUT2D eigenvalue weighted by atomic mass is 9.60. The van der Waals surface area contributed by atoms with Crippen molar-refractivity contribution in [1.82, 2.24) is 15.0 Å². The Morgan fingerprint density at radius 3 is 2.76 bits per heavy atom. The Bertz CT molecular complexity index is 1380. The van der Waals surface area contributed by atoms with Crippen molar-refractivity contribution in [2.24, 2.45) is 11.1 Å². The van der Waals surface area contributed by atoms with E-state index >= 15 is 0 Å². The second kappa shape index (κ2) is 7.37. The number of rotatable bonds is 4. The molecular weight excluding hydrogens is 433 g/mol. The SMILES string of the molecule is CNc1cc(F)cc2c1Cc1nc(Oc3cnc(C#N)c(C)c3)nc(N3CC4(CC[C@H]4N)C3)c1-2. The Kier molecular flexibility index (Phi) is 4.51. The van der Waals surface area contributed by atoms with Gasteiger partial charge in [0.05, 0.1) is 11.9 Å². The monoisotopic (exact) mass is 457 g/mol. The largest absolute Gasteiger partial charge is 0.423 e. The minimum atomic E-state index is -0.303. The predicted octanol–water partition coefficient (Wildman–Crippen LogP) is 3.52. The van der Waals surface area contributed by atoms with Gasteiger partial charge in [0.2, 0.25) is 0 Å². The molecule has 8 nitrogen and oxygen atoms in total. The zero-order valence-corrected chi connectivity index (χ0v) is 19.0.